The summed E-state index contributed by atoms with van der Waals surface area (Å²) in [5.74, 6) is 0. The van der Waals surface area contributed by atoms with Gasteiger partial charge in [-0.2, -0.15) is 0 Å². The van der Waals surface area contributed by atoms with Crippen molar-refractivity contribution in [3.63, 3.8) is 0 Å². The van der Waals surface area contributed by atoms with Crippen LogP contribution in [0.4, 0.5) is 0 Å². The molecule has 2 nitrogen and oxygen atoms in total. The van der Waals surface area contributed by atoms with Gasteiger partial charge < -0.3 is 9.13 Å². The van der Waals surface area contributed by atoms with Gasteiger partial charge >= 0.3 is 0 Å². The molecule has 0 spiro atoms. The zero-order valence-electron chi connectivity index (χ0n) is 20.7. The van der Waals surface area contributed by atoms with Gasteiger partial charge in [0.05, 0.1) is 16.6 Å². The summed E-state index contributed by atoms with van der Waals surface area (Å²) in [6.07, 6.45) is 0.950. The Labute approximate surface area is 219 Å². The molecule has 2 heteroatoms. The van der Waals surface area contributed by atoms with Crippen LogP contribution in [0.2, 0.25) is 0 Å². The summed E-state index contributed by atoms with van der Waals surface area (Å²) in [6, 6.07) is 40.9. The highest BCUT2D eigenvalue weighted by Gasteiger charge is 2.29. The quantitative estimate of drug-likeness (QED) is 0.204. The lowest BCUT2D eigenvalue weighted by atomic mass is 9.85. The molecule has 0 saturated heterocycles. The Morgan fingerprint density at radius 1 is 0.500 bits per heavy atom. The Bertz CT molecular complexity index is 2340. The van der Waals surface area contributed by atoms with Crippen LogP contribution in [0.1, 0.15) is 16.7 Å². The van der Waals surface area contributed by atoms with Crippen molar-refractivity contribution in [3.8, 4) is 16.8 Å². The van der Waals surface area contributed by atoms with Crippen LogP contribution in [0.5, 0.6) is 0 Å². The average molecular weight is 483 g/mol. The van der Waals surface area contributed by atoms with Crippen molar-refractivity contribution in [2.24, 2.45) is 0 Å². The minimum atomic E-state index is 0.917. The highest BCUT2D eigenvalue weighted by Crippen LogP contribution is 2.50. The zero-order chi connectivity index (χ0) is 24.5. The third kappa shape index (κ3) is 2.14. The maximum absolute atomic E-state index is 2.55. The third-order valence-corrected chi connectivity index (χ3v) is 9.12. The molecule has 2 aliphatic rings. The number of fused-ring (bicyclic) bond motifs is 13. The summed E-state index contributed by atoms with van der Waals surface area (Å²) in [5.41, 5.74) is 13.7. The van der Waals surface area contributed by atoms with Gasteiger partial charge in [0.1, 0.15) is 0 Å². The van der Waals surface area contributed by atoms with E-state index < -0.39 is 0 Å². The summed E-state index contributed by atoms with van der Waals surface area (Å²) in [7, 11) is 0. The molecule has 0 N–H and O–H groups in total. The van der Waals surface area contributed by atoms with E-state index in [0.717, 1.165) is 13.0 Å². The molecule has 0 unspecified atom stereocenters. The second kappa shape index (κ2) is 6.54. The molecule has 8 aromatic rings. The molecule has 2 aliphatic heterocycles. The fraction of sp³-hybridized carbons (Fsp3) is 0.0556. The minimum Gasteiger partial charge on any atom is -0.335 e. The van der Waals surface area contributed by atoms with Crippen molar-refractivity contribution in [1.82, 2.24) is 9.13 Å². The maximum Gasteiger partial charge on any atom is 0.0583 e. The number of nitrogens with zero attached hydrogens (tertiary/aromatic N) is 2. The topological polar surface area (TPSA) is 9.86 Å². The van der Waals surface area contributed by atoms with Crippen LogP contribution in [0.15, 0.2) is 109 Å². The van der Waals surface area contributed by atoms with Crippen molar-refractivity contribution in [2.75, 3.05) is 0 Å². The third-order valence-electron chi connectivity index (χ3n) is 9.12. The monoisotopic (exact) mass is 482 g/mol. The van der Waals surface area contributed by atoms with E-state index in [1.54, 1.807) is 0 Å². The van der Waals surface area contributed by atoms with Crippen LogP contribution >= 0.6 is 0 Å². The number of hydrogen-bond donors (Lipinski definition) is 0. The Hall–Kier alpha value is -4.82. The van der Waals surface area contributed by atoms with Crippen molar-refractivity contribution in [1.29, 1.82) is 0 Å². The lowest BCUT2D eigenvalue weighted by Crippen LogP contribution is -2.10. The first-order chi connectivity index (χ1) is 18.9. The van der Waals surface area contributed by atoms with E-state index in [9.17, 15) is 0 Å². The van der Waals surface area contributed by atoms with Gasteiger partial charge in [-0.3, -0.25) is 0 Å². The molecule has 4 heterocycles. The lowest BCUT2D eigenvalue weighted by Gasteiger charge is -2.25. The molecule has 0 saturated carbocycles. The molecule has 10 rings (SSSR count). The van der Waals surface area contributed by atoms with Gasteiger partial charge in [-0.15, -0.1) is 0 Å². The van der Waals surface area contributed by atoms with E-state index >= 15 is 0 Å². The molecular weight excluding hydrogens is 460 g/mol. The van der Waals surface area contributed by atoms with E-state index in [2.05, 4.69) is 118 Å². The average Bonchev–Trinajstić information content (AvgIpc) is 3.47. The summed E-state index contributed by atoms with van der Waals surface area (Å²) in [6.45, 7) is 0.917. The van der Waals surface area contributed by atoms with E-state index in [0.29, 0.717) is 0 Å². The molecule has 0 fully saturated rings. The summed E-state index contributed by atoms with van der Waals surface area (Å²) >= 11 is 0. The van der Waals surface area contributed by atoms with Crippen LogP contribution in [0, 0.1) is 0 Å². The molecule has 176 valence electrons. The van der Waals surface area contributed by atoms with Crippen molar-refractivity contribution >= 4 is 54.4 Å². The predicted molar refractivity (Wildman–Crippen MR) is 159 cm³/mol. The zero-order valence-corrected chi connectivity index (χ0v) is 20.7. The first-order valence-electron chi connectivity index (χ1n) is 13.5. The number of hydrogen-bond acceptors (Lipinski definition) is 0. The first kappa shape index (κ1) is 19.3. The second-order valence-electron chi connectivity index (χ2n) is 10.9. The van der Waals surface area contributed by atoms with Gasteiger partial charge in [-0.25, -0.2) is 0 Å². The van der Waals surface area contributed by atoms with E-state index in [1.807, 2.05) is 0 Å². The van der Waals surface area contributed by atoms with Gasteiger partial charge in [-0.1, -0.05) is 78.9 Å². The molecule has 0 amide bonds. The van der Waals surface area contributed by atoms with E-state index in [1.165, 1.54) is 87.9 Å². The first-order valence-corrected chi connectivity index (χ1v) is 13.5. The molecule has 0 atom stereocenters. The Balaban J connectivity index is 1.52. The normalized spacial score (nSPS) is 13.6. The highest BCUT2D eigenvalue weighted by atomic mass is 15.0. The lowest BCUT2D eigenvalue weighted by molar-refractivity contribution is 0.861. The number of para-hydroxylation sites is 3. The van der Waals surface area contributed by atoms with Crippen LogP contribution in [0.25, 0.3) is 71.2 Å². The van der Waals surface area contributed by atoms with Crippen LogP contribution in [-0.4, -0.2) is 9.13 Å². The molecule has 6 aromatic carbocycles. The second-order valence-corrected chi connectivity index (χ2v) is 10.9. The van der Waals surface area contributed by atoms with Gasteiger partial charge in [0.2, 0.25) is 0 Å². The van der Waals surface area contributed by atoms with E-state index in [4.69, 9.17) is 0 Å². The van der Waals surface area contributed by atoms with Gasteiger partial charge in [0, 0.05) is 51.3 Å². The van der Waals surface area contributed by atoms with E-state index in [-0.39, 0.29) is 0 Å². The fourth-order valence-corrected chi connectivity index (χ4v) is 7.62. The van der Waals surface area contributed by atoms with Crippen LogP contribution in [-0.2, 0) is 13.0 Å². The SMILES string of the molecule is c1ccc2c(c1)Cn1c3ccccc3c3cc4c5c6c(cc4c-2c31)c1ccccc1n6-c1ccccc1C5. The van der Waals surface area contributed by atoms with Gasteiger partial charge in [0.25, 0.3) is 0 Å². The van der Waals surface area contributed by atoms with Crippen molar-refractivity contribution in [3.05, 3.63) is 126 Å². The standard InChI is InChI=1S/C36H22N2/c1-3-11-23-22(10-1)20-37-32-15-7-4-12-24(32)30-18-26-27(34(23)36(30)37)19-29-25-13-5-8-16-33(25)38-31-14-6-2-9-21(31)17-28(26)35(29)38/h1-16,18-19H,17,20H2. The Morgan fingerprint density at radius 2 is 1.16 bits per heavy atom. The van der Waals surface area contributed by atoms with Crippen molar-refractivity contribution < 1.29 is 0 Å². The molecule has 0 bridgehead atoms. The molecular formula is C36H22N2. The summed E-state index contributed by atoms with van der Waals surface area (Å²) < 4.78 is 5.07. The van der Waals surface area contributed by atoms with Crippen molar-refractivity contribution in [2.45, 2.75) is 13.0 Å². The molecule has 2 aromatic heterocycles. The highest BCUT2D eigenvalue weighted by molar-refractivity contribution is 6.26. The number of rotatable bonds is 0. The van der Waals surface area contributed by atoms with Gasteiger partial charge in [-0.05, 0) is 63.4 Å². The molecule has 0 radical (unpaired) electrons. The number of aromatic nitrogens is 2. The Kier molecular flexibility index (Phi) is 3.32. The largest absolute Gasteiger partial charge is 0.335 e. The number of benzene rings is 6. The molecule has 38 heavy (non-hydrogen) atoms. The minimum absolute atomic E-state index is 0.917. The van der Waals surface area contributed by atoms with Gasteiger partial charge in [0.15, 0.2) is 0 Å². The fourth-order valence-electron chi connectivity index (χ4n) is 7.62. The predicted octanol–water partition coefficient (Wildman–Crippen LogP) is 8.98. The summed E-state index contributed by atoms with van der Waals surface area (Å²) in [5, 5.41) is 8.17. The summed E-state index contributed by atoms with van der Waals surface area (Å²) in [4.78, 5) is 0. The van der Waals surface area contributed by atoms with Crippen LogP contribution < -0.4 is 0 Å². The molecule has 0 aliphatic carbocycles. The maximum atomic E-state index is 2.55. The van der Waals surface area contributed by atoms with Crippen LogP contribution in [0.3, 0.4) is 0 Å². The smallest absolute Gasteiger partial charge is 0.0583 e. The Morgan fingerprint density at radius 3 is 2.05 bits per heavy atom.